The van der Waals surface area contributed by atoms with Crippen molar-refractivity contribution in [3.8, 4) is 16.3 Å². The third-order valence-electron chi connectivity index (χ3n) is 5.94. The Labute approximate surface area is 201 Å². The Hall–Kier alpha value is -2.49. The summed E-state index contributed by atoms with van der Waals surface area (Å²) in [5, 5.41) is 4.46. The molecule has 1 fully saturated rings. The van der Waals surface area contributed by atoms with E-state index in [2.05, 4.69) is 21.9 Å². The highest BCUT2D eigenvalue weighted by Crippen LogP contribution is 2.36. The van der Waals surface area contributed by atoms with Gasteiger partial charge in [0, 0.05) is 36.7 Å². The first kappa shape index (κ1) is 23.7. The van der Waals surface area contributed by atoms with E-state index in [1.807, 2.05) is 44.2 Å². The minimum Gasteiger partial charge on any atom is -0.480 e. The Kier molecular flexibility index (Phi) is 7.62. The number of aromatic nitrogens is 2. The molecular formula is C24H30N4O3S2. The zero-order valence-electron chi connectivity index (χ0n) is 19.4. The van der Waals surface area contributed by atoms with Gasteiger partial charge >= 0.3 is 0 Å². The maximum Gasteiger partial charge on any atom is 0.231 e. The summed E-state index contributed by atoms with van der Waals surface area (Å²) in [6.07, 6.45) is 3.88. The molecule has 2 unspecified atom stereocenters. The van der Waals surface area contributed by atoms with Gasteiger partial charge < -0.3 is 19.5 Å². The molecule has 33 heavy (non-hydrogen) atoms. The van der Waals surface area contributed by atoms with Gasteiger partial charge in [0.15, 0.2) is 16.1 Å². The molecule has 0 spiro atoms. The van der Waals surface area contributed by atoms with E-state index in [4.69, 9.17) is 14.5 Å². The lowest BCUT2D eigenvalue weighted by Gasteiger charge is -2.28. The molecule has 0 amide bonds. The summed E-state index contributed by atoms with van der Waals surface area (Å²) in [6, 6.07) is 9.94. The number of methoxy groups -OCH3 is 1. The number of aryl methyl sites for hydroxylation is 2. The quantitative estimate of drug-likeness (QED) is 0.456. The molecule has 9 heteroatoms. The number of benzene rings is 1. The van der Waals surface area contributed by atoms with Crippen molar-refractivity contribution in [1.29, 1.82) is 0 Å². The van der Waals surface area contributed by atoms with Crippen molar-refractivity contribution in [2.75, 3.05) is 30.4 Å². The van der Waals surface area contributed by atoms with Crippen LogP contribution in [0.2, 0.25) is 0 Å². The van der Waals surface area contributed by atoms with Gasteiger partial charge in [0.05, 0.1) is 17.7 Å². The molecule has 1 aliphatic rings. The van der Waals surface area contributed by atoms with Gasteiger partial charge in [-0.2, -0.15) is 0 Å². The van der Waals surface area contributed by atoms with Gasteiger partial charge in [-0.3, -0.25) is 0 Å². The van der Waals surface area contributed by atoms with Gasteiger partial charge in [0.25, 0.3) is 0 Å². The van der Waals surface area contributed by atoms with Crippen LogP contribution in [0.1, 0.15) is 31.0 Å². The van der Waals surface area contributed by atoms with Crippen LogP contribution in [-0.4, -0.2) is 40.5 Å². The predicted octanol–water partition coefficient (Wildman–Crippen LogP) is 5.19. The highest BCUT2D eigenvalue weighted by atomic mass is 32.2. The lowest BCUT2D eigenvalue weighted by Crippen LogP contribution is -2.30. The summed E-state index contributed by atoms with van der Waals surface area (Å²) < 4.78 is 27.2. The zero-order valence-corrected chi connectivity index (χ0v) is 21.0. The molecule has 0 aliphatic carbocycles. The highest BCUT2D eigenvalue weighted by molar-refractivity contribution is 7.86. The number of hydrogen-bond acceptors (Lipinski definition) is 7. The fraction of sp³-hybridized carbons (Fsp3) is 0.417. The molecule has 0 saturated carbocycles. The molecule has 0 radical (unpaired) electrons. The number of para-hydroxylation sites is 1. The molecule has 3 heterocycles. The van der Waals surface area contributed by atoms with Gasteiger partial charge in [-0.15, -0.1) is 0 Å². The third-order valence-corrected chi connectivity index (χ3v) is 8.18. The van der Waals surface area contributed by atoms with Crippen molar-refractivity contribution in [2.45, 2.75) is 44.6 Å². The summed E-state index contributed by atoms with van der Waals surface area (Å²) in [4.78, 5) is 10.7. The first-order valence-corrected chi connectivity index (χ1v) is 13.0. The van der Waals surface area contributed by atoms with E-state index in [1.54, 1.807) is 17.5 Å². The largest absolute Gasteiger partial charge is 0.480 e. The molecule has 2 atom stereocenters. The highest BCUT2D eigenvalue weighted by Gasteiger charge is 2.22. The van der Waals surface area contributed by atoms with Crippen LogP contribution in [0.3, 0.4) is 0 Å². The van der Waals surface area contributed by atoms with Crippen molar-refractivity contribution in [3.63, 3.8) is 0 Å². The number of ether oxygens (including phenoxy) is 2. The van der Waals surface area contributed by atoms with E-state index < -0.39 is 11.0 Å². The molecule has 4 rings (SSSR count). The van der Waals surface area contributed by atoms with E-state index in [0.717, 1.165) is 58.6 Å². The van der Waals surface area contributed by atoms with Crippen LogP contribution in [0.15, 0.2) is 41.4 Å². The fourth-order valence-electron chi connectivity index (χ4n) is 3.94. The Morgan fingerprint density at radius 2 is 2.00 bits per heavy atom. The minimum absolute atomic E-state index is 0.322. The second kappa shape index (κ2) is 10.6. The molecule has 2 N–H and O–H groups in total. The van der Waals surface area contributed by atoms with Crippen LogP contribution in [0.25, 0.3) is 10.4 Å². The number of nitrogens with one attached hydrogen (secondary N) is 2. The third kappa shape index (κ3) is 5.54. The average molecular weight is 487 g/mol. The number of anilines is 2. The van der Waals surface area contributed by atoms with Crippen molar-refractivity contribution in [1.82, 2.24) is 9.97 Å². The lowest BCUT2D eigenvalue weighted by atomic mass is 9.93. The number of thiazole rings is 1. The molecule has 2 aromatic heterocycles. The van der Waals surface area contributed by atoms with Crippen LogP contribution < -0.4 is 14.8 Å². The first-order chi connectivity index (χ1) is 16.0. The molecule has 1 aromatic carbocycles. The number of pyridine rings is 1. The molecule has 1 saturated heterocycles. The molecule has 7 nitrogen and oxygen atoms in total. The summed E-state index contributed by atoms with van der Waals surface area (Å²) >= 11 is 1.59. The van der Waals surface area contributed by atoms with E-state index in [9.17, 15) is 4.21 Å². The maximum absolute atomic E-state index is 13.2. The average Bonchev–Trinajstić information content (AvgIpc) is 3.20. The van der Waals surface area contributed by atoms with Crippen LogP contribution in [0, 0.1) is 19.8 Å². The first-order valence-electron chi connectivity index (χ1n) is 11.1. The van der Waals surface area contributed by atoms with Gasteiger partial charge in [0.1, 0.15) is 4.90 Å². The normalized spacial score (nSPS) is 16.2. The minimum atomic E-state index is -1.53. The van der Waals surface area contributed by atoms with E-state index >= 15 is 0 Å². The van der Waals surface area contributed by atoms with Crippen LogP contribution in [0.4, 0.5) is 10.8 Å². The van der Waals surface area contributed by atoms with E-state index in [1.165, 1.54) is 7.11 Å². The second-order valence-corrected chi connectivity index (χ2v) is 10.4. The number of nitrogens with zero attached hydrogens (tertiary/aromatic N) is 2. The van der Waals surface area contributed by atoms with Crippen molar-refractivity contribution >= 4 is 33.1 Å². The molecular weight excluding hydrogens is 456 g/mol. The lowest BCUT2D eigenvalue weighted by molar-refractivity contribution is 0.0622. The smallest absolute Gasteiger partial charge is 0.231 e. The van der Waals surface area contributed by atoms with Crippen molar-refractivity contribution in [3.05, 3.63) is 47.8 Å². The summed E-state index contributed by atoms with van der Waals surface area (Å²) in [7, 11) is 0.00261. The molecule has 1 aliphatic heterocycles. The van der Waals surface area contributed by atoms with Crippen LogP contribution in [0.5, 0.6) is 5.88 Å². The molecule has 176 valence electrons. The Morgan fingerprint density at radius 3 is 2.73 bits per heavy atom. The Morgan fingerprint density at radius 1 is 1.24 bits per heavy atom. The second-order valence-electron chi connectivity index (χ2n) is 8.23. The van der Waals surface area contributed by atoms with Crippen molar-refractivity contribution < 1.29 is 13.7 Å². The topological polar surface area (TPSA) is 85.4 Å². The number of hydrogen-bond donors (Lipinski definition) is 2. The standard InChI is InChI=1S/C24H30N4O3S2/c1-15-7-5-6-8-20(15)28-33(29)21-13-19(14-25-23(21)30-4)22-17(3)27-24(32-22)26-16(2)18-9-11-31-12-10-18/h5-8,13-14,16,18,28H,9-12H2,1-4H3,(H,26,27). The van der Waals surface area contributed by atoms with Gasteiger partial charge in [-0.1, -0.05) is 29.5 Å². The van der Waals surface area contributed by atoms with E-state index in [0.29, 0.717) is 22.7 Å². The van der Waals surface area contributed by atoms with Gasteiger partial charge in [0.2, 0.25) is 5.88 Å². The molecule has 0 bridgehead atoms. The SMILES string of the molecule is COc1ncc(-c2sc(NC(C)C3CCOCC3)nc2C)cc1S(=O)Nc1ccccc1C. The predicted molar refractivity (Wildman–Crippen MR) is 134 cm³/mol. The molecule has 3 aromatic rings. The summed E-state index contributed by atoms with van der Waals surface area (Å²) in [5.41, 5.74) is 3.61. The Bertz CT molecular complexity index is 1130. The summed E-state index contributed by atoms with van der Waals surface area (Å²) in [5.74, 6) is 0.919. The van der Waals surface area contributed by atoms with Crippen LogP contribution >= 0.6 is 11.3 Å². The van der Waals surface area contributed by atoms with Crippen LogP contribution in [-0.2, 0) is 15.7 Å². The van der Waals surface area contributed by atoms with Crippen molar-refractivity contribution in [2.24, 2.45) is 5.92 Å². The zero-order chi connectivity index (χ0) is 23.4. The van der Waals surface area contributed by atoms with E-state index in [-0.39, 0.29) is 0 Å². The number of rotatable bonds is 8. The van der Waals surface area contributed by atoms with Gasteiger partial charge in [-0.05, 0) is 57.2 Å². The Balaban J connectivity index is 1.57. The maximum atomic E-state index is 13.2. The van der Waals surface area contributed by atoms with Gasteiger partial charge in [-0.25, -0.2) is 14.2 Å². The fourth-order valence-corrected chi connectivity index (χ4v) is 6.05. The summed E-state index contributed by atoms with van der Waals surface area (Å²) in [6.45, 7) is 7.82. The monoisotopic (exact) mass is 486 g/mol.